The quantitative estimate of drug-likeness (QED) is 0.533. The summed E-state index contributed by atoms with van der Waals surface area (Å²) in [5, 5.41) is 1.41. The smallest absolute Gasteiger partial charge is 0.250 e. The summed E-state index contributed by atoms with van der Waals surface area (Å²) in [6.45, 7) is 3.35. The fraction of sp³-hybridized carbons (Fsp3) is 0.417. The fourth-order valence-corrected chi connectivity index (χ4v) is 7.54. The van der Waals surface area contributed by atoms with Gasteiger partial charge in [-0.2, -0.15) is 0 Å². The molecule has 3 aromatic rings. The largest absolute Gasteiger partial charge is 0.371 e. The van der Waals surface area contributed by atoms with Gasteiger partial charge in [0.1, 0.15) is 4.21 Å². The number of nitrogens with one attached hydrogen (secondary N) is 1. The second-order valence-electron chi connectivity index (χ2n) is 9.01. The van der Waals surface area contributed by atoms with Gasteiger partial charge in [-0.15, -0.1) is 11.3 Å². The highest BCUT2D eigenvalue weighted by atomic mass is 35.5. The first kappa shape index (κ1) is 23.5. The molecule has 5 rings (SSSR count). The van der Waals surface area contributed by atoms with Gasteiger partial charge in [-0.1, -0.05) is 11.6 Å². The van der Waals surface area contributed by atoms with E-state index >= 15 is 0 Å². The maximum atomic E-state index is 13.1. The number of amides is 1. The summed E-state index contributed by atoms with van der Waals surface area (Å²) >= 11 is 7.26. The minimum absolute atomic E-state index is 0.0406. The molecule has 0 aliphatic carbocycles. The Morgan fingerprint density at radius 3 is 2.62 bits per heavy atom. The van der Waals surface area contributed by atoms with E-state index in [2.05, 4.69) is 14.6 Å². The number of nitrogens with zero attached hydrogens (tertiary/aromatic N) is 3. The average Bonchev–Trinajstić information content (AvgIpc) is 3.50. The predicted molar refractivity (Wildman–Crippen MR) is 136 cm³/mol. The van der Waals surface area contributed by atoms with Crippen molar-refractivity contribution in [3.63, 3.8) is 0 Å². The number of carbonyl (C=O) groups is 1. The molecular formula is C24H27ClN4O3S2. The molecule has 1 atom stereocenters. The molecule has 4 heterocycles. The van der Waals surface area contributed by atoms with Gasteiger partial charge in [0.25, 0.3) is 0 Å². The van der Waals surface area contributed by atoms with Crippen molar-refractivity contribution in [2.75, 3.05) is 37.6 Å². The van der Waals surface area contributed by atoms with Gasteiger partial charge in [-0.05, 0) is 67.0 Å². The van der Waals surface area contributed by atoms with Gasteiger partial charge in [-0.3, -0.25) is 9.78 Å². The second-order valence-corrected chi connectivity index (χ2v) is 12.5. The molecule has 34 heavy (non-hydrogen) atoms. The molecular weight excluding hydrogens is 492 g/mol. The van der Waals surface area contributed by atoms with Crippen LogP contribution in [0, 0.1) is 11.8 Å². The number of fused-ring (bicyclic) bond motifs is 1. The van der Waals surface area contributed by atoms with Crippen molar-refractivity contribution in [1.82, 2.24) is 14.6 Å². The average molecular weight is 519 g/mol. The summed E-state index contributed by atoms with van der Waals surface area (Å²) < 4.78 is 29.6. The van der Waals surface area contributed by atoms with Crippen LogP contribution in [-0.4, -0.2) is 56.9 Å². The number of pyridine rings is 1. The van der Waals surface area contributed by atoms with Crippen molar-refractivity contribution < 1.29 is 13.2 Å². The third-order valence-corrected chi connectivity index (χ3v) is 10.0. The number of likely N-dealkylation sites (tertiary alicyclic amines) is 1. The molecule has 7 nitrogen and oxygen atoms in total. The zero-order chi connectivity index (χ0) is 23.7. The maximum absolute atomic E-state index is 13.1. The molecule has 10 heteroatoms. The van der Waals surface area contributed by atoms with Crippen LogP contribution in [0.25, 0.3) is 10.1 Å². The Morgan fingerprint density at radius 2 is 1.85 bits per heavy atom. The molecule has 1 N–H and O–H groups in total. The lowest BCUT2D eigenvalue weighted by molar-refractivity contribution is -0.135. The minimum Gasteiger partial charge on any atom is -0.371 e. The number of aromatic nitrogens is 1. The number of thiophene rings is 1. The van der Waals surface area contributed by atoms with E-state index in [1.165, 1.54) is 11.3 Å². The molecule has 0 bridgehead atoms. The summed E-state index contributed by atoms with van der Waals surface area (Å²) in [4.78, 5) is 21.4. The molecule has 2 aliphatic heterocycles. The van der Waals surface area contributed by atoms with Gasteiger partial charge in [0.15, 0.2) is 0 Å². The fourth-order valence-electron chi connectivity index (χ4n) is 4.82. The van der Waals surface area contributed by atoms with E-state index in [0.29, 0.717) is 24.7 Å². The Hall–Kier alpha value is -2.20. The molecule has 0 unspecified atom stereocenters. The standard InChI is InChI=1S/C24H27ClN4O3S2/c25-20-1-2-22-19(13-20)14-23(33-22)34(31,32)27-15-17-5-10-29(16-17)24(30)18-6-11-28(12-7-18)21-3-8-26-9-4-21/h1-4,8-9,13-14,17-18,27H,5-7,10-12,15-16H2/t17-/m0/s1. The van der Waals surface area contributed by atoms with Crippen molar-refractivity contribution in [3.8, 4) is 0 Å². The zero-order valence-electron chi connectivity index (χ0n) is 18.7. The molecule has 2 aromatic heterocycles. The third-order valence-electron chi connectivity index (χ3n) is 6.75. The van der Waals surface area contributed by atoms with Crippen molar-refractivity contribution in [3.05, 3.63) is 53.8 Å². The highest BCUT2D eigenvalue weighted by molar-refractivity contribution is 7.91. The topological polar surface area (TPSA) is 82.6 Å². The maximum Gasteiger partial charge on any atom is 0.250 e. The van der Waals surface area contributed by atoms with Crippen LogP contribution in [-0.2, 0) is 14.8 Å². The lowest BCUT2D eigenvalue weighted by Gasteiger charge is -2.34. The molecule has 180 valence electrons. The van der Waals surface area contributed by atoms with E-state index in [9.17, 15) is 13.2 Å². The van der Waals surface area contributed by atoms with Gasteiger partial charge in [0, 0.05) is 66.4 Å². The van der Waals surface area contributed by atoms with Crippen molar-refractivity contribution in [1.29, 1.82) is 0 Å². The molecule has 0 spiro atoms. The number of piperidine rings is 1. The van der Waals surface area contributed by atoms with E-state index in [-0.39, 0.29) is 22.0 Å². The van der Waals surface area contributed by atoms with Crippen LogP contribution in [0.3, 0.4) is 0 Å². The summed E-state index contributed by atoms with van der Waals surface area (Å²) in [7, 11) is -3.60. The normalized spacial score (nSPS) is 19.7. The third kappa shape index (κ3) is 5.07. The van der Waals surface area contributed by atoms with Gasteiger partial charge < -0.3 is 9.80 Å². The SMILES string of the molecule is O=C(C1CCN(c2ccncc2)CC1)N1CC[C@@H](CNS(=O)(=O)c2cc3cc(Cl)ccc3s2)C1. The van der Waals surface area contributed by atoms with E-state index in [1.807, 2.05) is 23.1 Å². The summed E-state index contributed by atoms with van der Waals surface area (Å²) in [5.41, 5.74) is 1.15. The van der Waals surface area contributed by atoms with Gasteiger partial charge in [0.05, 0.1) is 0 Å². The Kier molecular flexibility index (Phi) is 6.79. The van der Waals surface area contributed by atoms with E-state index < -0.39 is 10.0 Å². The highest BCUT2D eigenvalue weighted by Crippen LogP contribution is 2.31. The molecule has 0 radical (unpaired) electrons. The molecule has 2 aliphatic rings. The minimum atomic E-state index is -3.60. The van der Waals surface area contributed by atoms with Crippen LogP contribution < -0.4 is 9.62 Å². The van der Waals surface area contributed by atoms with Crippen molar-refractivity contribution in [2.45, 2.75) is 23.5 Å². The molecule has 1 aromatic carbocycles. The van der Waals surface area contributed by atoms with Crippen LogP contribution >= 0.6 is 22.9 Å². The van der Waals surface area contributed by atoms with Crippen LogP contribution in [0.1, 0.15) is 19.3 Å². The number of sulfonamides is 1. The van der Waals surface area contributed by atoms with Crippen LogP contribution in [0.4, 0.5) is 5.69 Å². The number of benzene rings is 1. The Balaban J connectivity index is 1.13. The van der Waals surface area contributed by atoms with Gasteiger partial charge >= 0.3 is 0 Å². The Bertz CT molecular complexity index is 1270. The first-order chi connectivity index (χ1) is 16.4. The number of halogens is 1. The van der Waals surface area contributed by atoms with E-state index in [1.54, 1.807) is 30.6 Å². The lowest BCUT2D eigenvalue weighted by atomic mass is 9.95. The predicted octanol–water partition coefficient (Wildman–Crippen LogP) is 3.99. The molecule has 2 saturated heterocycles. The molecule has 1 amide bonds. The monoisotopic (exact) mass is 518 g/mol. The van der Waals surface area contributed by atoms with Crippen molar-refractivity contribution >= 4 is 54.6 Å². The number of rotatable bonds is 6. The summed E-state index contributed by atoms with van der Waals surface area (Å²) in [5.74, 6) is 0.375. The van der Waals surface area contributed by atoms with Crippen molar-refractivity contribution in [2.24, 2.45) is 11.8 Å². The lowest BCUT2D eigenvalue weighted by Crippen LogP contribution is -2.42. The number of anilines is 1. The Morgan fingerprint density at radius 1 is 1.09 bits per heavy atom. The highest BCUT2D eigenvalue weighted by Gasteiger charge is 2.33. The number of hydrogen-bond acceptors (Lipinski definition) is 6. The van der Waals surface area contributed by atoms with Gasteiger partial charge in [0.2, 0.25) is 15.9 Å². The number of hydrogen-bond donors (Lipinski definition) is 1. The van der Waals surface area contributed by atoms with E-state index in [4.69, 9.17) is 11.6 Å². The zero-order valence-corrected chi connectivity index (χ0v) is 21.1. The second kappa shape index (κ2) is 9.81. The van der Waals surface area contributed by atoms with Crippen LogP contribution in [0.5, 0.6) is 0 Å². The Labute approximate surface area is 208 Å². The van der Waals surface area contributed by atoms with E-state index in [0.717, 1.165) is 48.1 Å². The first-order valence-electron chi connectivity index (χ1n) is 11.5. The van der Waals surface area contributed by atoms with Crippen LogP contribution in [0.15, 0.2) is 53.0 Å². The molecule has 2 fully saturated rings. The first-order valence-corrected chi connectivity index (χ1v) is 14.2. The molecule has 0 saturated carbocycles. The van der Waals surface area contributed by atoms with Crippen LogP contribution in [0.2, 0.25) is 5.02 Å². The van der Waals surface area contributed by atoms with Gasteiger partial charge in [-0.25, -0.2) is 13.1 Å². The number of carbonyl (C=O) groups excluding carboxylic acids is 1. The summed E-state index contributed by atoms with van der Waals surface area (Å²) in [6.07, 6.45) is 6.07. The summed E-state index contributed by atoms with van der Waals surface area (Å²) in [6, 6.07) is 11.0.